The van der Waals surface area contributed by atoms with Crippen LogP contribution in [0.3, 0.4) is 0 Å². The molecule has 1 N–H and O–H groups in total. The third-order valence-corrected chi connectivity index (χ3v) is 4.18. The van der Waals surface area contributed by atoms with E-state index in [0.29, 0.717) is 0 Å². The van der Waals surface area contributed by atoms with Gasteiger partial charge in [0.2, 0.25) is 0 Å². The number of aliphatic carboxylic acids is 1. The van der Waals surface area contributed by atoms with Gasteiger partial charge in [-0.2, -0.15) is 0 Å². The second-order valence-electron chi connectivity index (χ2n) is 4.71. The van der Waals surface area contributed by atoms with Crippen LogP contribution in [-0.4, -0.2) is 16.0 Å². The first kappa shape index (κ1) is 16.0. The molecule has 0 heterocycles. The molecule has 0 aliphatic carbocycles. The molecule has 0 radical (unpaired) electrons. The van der Waals surface area contributed by atoms with Crippen molar-refractivity contribution < 1.29 is 14.8 Å². The van der Waals surface area contributed by atoms with Crippen LogP contribution >= 0.6 is 11.8 Å². The molecule has 0 fully saturated rings. The molecule has 0 unspecified atom stereocenters. The second kappa shape index (κ2) is 7.09. The molecule has 114 valence electrons. The van der Waals surface area contributed by atoms with E-state index in [2.05, 4.69) is 0 Å². The highest BCUT2D eigenvalue weighted by atomic mass is 32.2. The Morgan fingerprint density at radius 2 is 1.77 bits per heavy atom. The predicted molar refractivity (Wildman–Crippen MR) is 84.4 cm³/mol. The first-order valence-corrected chi connectivity index (χ1v) is 7.57. The van der Waals surface area contributed by atoms with Crippen molar-refractivity contribution in [2.75, 3.05) is 0 Å². The van der Waals surface area contributed by atoms with Crippen molar-refractivity contribution in [2.24, 2.45) is 0 Å². The molecule has 0 aliphatic rings. The first-order valence-electron chi connectivity index (χ1n) is 6.75. The fraction of sp³-hybridized carbons (Fsp3) is 0.188. The number of hydrogen-bond acceptors (Lipinski definition) is 4. The van der Waals surface area contributed by atoms with Crippen LogP contribution in [0, 0.1) is 10.1 Å². The van der Waals surface area contributed by atoms with Gasteiger partial charge in [-0.25, -0.2) is 0 Å². The lowest BCUT2D eigenvalue weighted by atomic mass is 10.0. The van der Waals surface area contributed by atoms with Gasteiger partial charge in [0.05, 0.1) is 11.3 Å². The first-order chi connectivity index (χ1) is 10.5. The van der Waals surface area contributed by atoms with E-state index in [1.54, 1.807) is 12.1 Å². The number of nitrogens with zero attached hydrogens (tertiary/aromatic N) is 1. The zero-order valence-corrected chi connectivity index (χ0v) is 12.8. The fourth-order valence-electron chi connectivity index (χ4n) is 2.10. The summed E-state index contributed by atoms with van der Waals surface area (Å²) >= 11 is 1.50. The Bertz CT molecular complexity index is 698. The van der Waals surface area contributed by atoms with E-state index in [0.717, 1.165) is 27.3 Å². The van der Waals surface area contributed by atoms with E-state index in [1.807, 2.05) is 25.1 Å². The molecule has 2 aromatic carbocycles. The quantitative estimate of drug-likeness (QED) is 0.645. The molecular weight excluding hydrogens is 302 g/mol. The molecule has 0 aromatic heterocycles. The summed E-state index contributed by atoms with van der Waals surface area (Å²) in [7, 11) is 0. The molecule has 0 spiro atoms. The Kier molecular flexibility index (Phi) is 5.16. The van der Waals surface area contributed by atoms with Crippen molar-refractivity contribution in [3.05, 3.63) is 63.7 Å². The highest BCUT2D eigenvalue weighted by Crippen LogP contribution is 2.30. The summed E-state index contributed by atoms with van der Waals surface area (Å²) in [5.74, 6) is -0.842. The summed E-state index contributed by atoms with van der Waals surface area (Å²) in [6.07, 6.45) is 0.781. The lowest BCUT2D eigenvalue weighted by Gasteiger charge is -2.09. The summed E-state index contributed by atoms with van der Waals surface area (Å²) in [5, 5.41) is 19.5. The minimum absolute atomic E-state index is 0.0195. The maximum atomic E-state index is 10.8. The summed E-state index contributed by atoms with van der Waals surface area (Å²) in [4.78, 5) is 22.9. The Hall–Kier alpha value is -2.34. The van der Waals surface area contributed by atoms with Crippen LogP contribution in [-0.2, 0) is 17.6 Å². The summed E-state index contributed by atoms with van der Waals surface area (Å²) in [6.45, 7) is 1.99. The minimum atomic E-state index is -0.842. The molecule has 0 aliphatic heterocycles. The van der Waals surface area contributed by atoms with Gasteiger partial charge >= 0.3 is 5.97 Å². The number of benzene rings is 2. The average Bonchev–Trinajstić information content (AvgIpc) is 2.49. The van der Waals surface area contributed by atoms with Crippen LogP contribution in [0.25, 0.3) is 0 Å². The molecule has 0 saturated heterocycles. The number of rotatable bonds is 6. The lowest BCUT2D eigenvalue weighted by Crippen LogP contribution is -2.03. The van der Waals surface area contributed by atoms with Gasteiger partial charge in [0.25, 0.3) is 5.69 Å². The van der Waals surface area contributed by atoms with Crippen molar-refractivity contribution >= 4 is 23.4 Å². The van der Waals surface area contributed by atoms with Crippen LogP contribution in [0.15, 0.2) is 52.3 Å². The fourth-order valence-corrected chi connectivity index (χ4v) is 2.98. The largest absolute Gasteiger partial charge is 0.481 e. The van der Waals surface area contributed by atoms with Crippen LogP contribution < -0.4 is 0 Å². The minimum Gasteiger partial charge on any atom is -0.481 e. The van der Waals surface area contributed by atoms with Gasteiger partial charge in [0, 0.05) is 21.9 Å². The highest BCUT2D eigenvalue weighted by molar-refractivity contribution is 7.99. The number of hydrogen-bond donors (Lipinski definition) is 1. The molecule has 0 atom stereocenters. The maximum Gasteiger partial charge on any atom is 0.307 e. The van der Waals surface area contributed by atoms with Crippen molar-refractivity contribution in [1.82, 2.24) is 0 Å². The number of carboxylic acid groups (broad SMARTS) is 1. The third-order valence-electron chi connectivity index (χ3n) is 3.18. The van der Waals surface area contributed by atoms with Crippen molar-refractivity contribution in [3.8, 4) is 0 Å². The molecule has 2 rings (SSSR count). The summed E-state index contributed by atoms with van der Waals surface area (Å²) in [6, 6.07) is 12.1. The van der Waals surface area contributed by atoms with Crippen LogP contribution in [0.2, 0.25) is 0 Å². The average molecular weight is 317 g/mol. The van der Waals surface area contributed by atoms with Crippen molar-refractivity contribution in [3.63, 3.8) is 0 Å². The standard InChI is InChI=1S/C16H15NO4S/c1-2-11-9-15(6-3-12(11)10-16(18)19)22-14-7-4-13(5-8-14)17(20)21/h3-9H,2,10H2,1H3,(H,18,19). The zero-order chi connectivity index (χ0) is 16.1. The maximum absolute atomic E-state index is 10.8. The molecule has 5 nitrogen and oxygen atoms in total. The Balaban J connectivity index is 2.19. The van der Waals surface area contributed by atoms with Crippen molar-refractivity contribution in [2.45, 2.75) is 29.6 Å². The summed E-state index contributed by atoms with van der Waals surface area (Å²) < 4.78 is 0. The second-order valence-corrected chi connectivity index (χ2v) is 5.85. The molecule has 6 heteroatoms. The van der Waals surface area contributed by atoms with E-state index in [9.17, 15) is 14.9 Å². The van der Waals surface area contributed by atoms with Gasteiger partial charge in [-0.1, -0.05) is 24.8 Å². The number of non-ortho nitro benzene ring substituents is 1. The normalized spacial score (nSPS) is 10.4. The molecule has 0 saturated carbocycles. The van der Waals surface area contributed by atoms with E-state index in [1.165, 1.54) is 23.9 Å². The number of nitro groups is 1. The van der Waals surface area contributed by atoms with E-state index in [-0.39, 0.29) is 12.1 Å². The Morgan fingerprint density at radius 3 is 2.32 bits per heavy atom. The highest BCUT2D eigenvalue weighted by Gasteiger charge is 2.09. The van der Waals surface area contributed by atoms with Gasteiger partial charge in [0.1, 0.15) is 0 Å². The lowest BCUT2D eigenvalue weighted by molar-refractivity contribution is -0.384. The SMILES string of the molecule is CCc1cc(Sc2ccc([N+](=O)[O-])cc2)ccc1CC(=O)O. The third kappa shape index (κ3) is 4.08. The number of nitro benzene ring substituents is 1. The van der Waals surface area contributed by atoms with Gasteiger partial charge in [-0.15, -0.1) is 0 Å². The molecule has 0 amide bonds. The number of carbonyl (C=O) groups is 1. The number of carboxylic acids is 1. The van der Waals surface area contributed by atoms with E-state index < -0.39 is 10.9 Å². The Labute approximate surface area is 132 Å². The van der Waals surface area contributed by atoms with Crippen LogP contribution in [0.4, 0.5) is 5.69 Å². The summed E-state index contributed by atoms with van der Waals surface area (Å²) in [5.41, 5.74) is 1.90. The molecular formula is C16H15NO4S. The monoisotopic (exact) mass is 317 g/mol. The predicted octanol–water partition coefficient (Wildman–Crippen LogP) is 3.94. The zero-order valence-electron chi connectivity index (χ0n) is 12.0. The van der Waals surface area contributed by atoms with Gasteiger partial charge in [-0.05, 0) is 41.8 Å². The smallest absolute Gasteiger partial charge is 0.307 e. The van der Waals surface area contributed by atoms with E-state index in [4.69, 9.17) is 5.11 Å². The van der Waals surface area contributed by atoms with Crippen LogP contribution in [0.1, 0.15) is 18.1 Å². The Morgan fingerprint density at radius 1 is 1.14 bits per heavy atom. The molecule has 0 bridgehead atoms. The van der Waals surface area contributed by atoms with Gasteiger partial charge < -0.3 is 5.11 Å². The number of aryl methyl sites for hydroxylation is 1. The molecule has 22 heavy (non-hydrogen) atoms. The molecule has 2 aromatic rings. The van der Waals surface area contributed by atoms with Gasteiger partial charge in [0.15, 0.2) is 0 Å². The van der Waals surface area contributed by atoms with Gasteiger partial charge in [-0.3, -0.25) is 14.9 Å². The van der Waals surface area contributed by atoms with E-state index >= 15 is 0 Å². The van der Waals surface area contributed by atoms with Crippen molar-refractivity contribution in [1.29, 1.82) is 0 Å². The van der Waals surface area contributed by atoms with Crippen LogP contribution in [0.5, 0.6) is 0 Å². The topological polar surface area (TPSA) is 80.4 Å².